The number of carbonyl (C=O) groups excluding carboxylic acids is 11. The molecule has 1 fully saturated rings. The van der Waals surface area contributed by atoms with Crippen LogP contribution in [-0.2, 0) is 52.7 Å². The molecule has 0 aromatic rings. The highest BCUT2D eigenvalue weighted by Gasteiger charge is 2.45. The fraction of sp³-hybridized carbons (Fsp3) is 0.787. The largest absolute Gasteiger partial charge is 0.390 e. The Morgan fingerprint density at radius 1 is 0.506 bits per heavy atom. The lowest BCUT2D eigenvalue weighted by Crippen LogP contribution is -2.63. The maximum Gasteiger partial charge on any atom is 0.246 e. The van der Waals surface area contributed by atoms with Gasteiger partial charge in [0.25, 0.3) is 0 Å². The number of amides is 11. The van der Waals surface area contributed by atoms with Gasteiger partial charge in [-0.1, -0.05) is 102 Å². The second kappa shape index (κ2) is 35.5. The molecule has 1 saturated heterocycles. The van der Waals surface area contributed by atoms with Crippen molar-refractivity contribution in [1.29, 1.82) is 0 Å². The molecule has 1 aliphatic heterocycles. The molecule has 1 rings (SSSR count). The van der Waals surface area contributed by atoms with E-state index in [1.54, 1.807) is 60.6 Å². The van der Waals surface area contributed by atoms with Gasteiger partial charge in [0.05, 0.1) is 12.6 Å². The lowest BCUT2D eigenvalue weighted by Gasteiger charge is -2.41. The molecular formula is C61H110N12O12. The summed E-state index contributed by atoms with van der Waals surface area (Å²) < 4.78 is 0. The molecule has 486 valence electrons. The predicted octanol–water partition coefficient (Wildman–Crippen LogP) is 1.96. The minimum atomic E-state index is -1.62. The molecule has 1 aliphatic rings. The molecule has 0 unspecified atom stereocenters. The van der Waals surface area contributed by atoms with Crippen LogP contribution in [0.2, 0.25) is 0 Å². The Balaban J connectivity index is 4.33. The van der Waals surface area contributed by atoms with E-state index in [0.717, 1.165) is 14.7 Å². The van der Waals surface area contributed by atoms with Gasteiger partial charge in [-0.15, -0.1) is 0 Å². The maximum absolute atomic E-state index is 15.2. The summed E-state index contributed by atoms with van der Waals surface area (Å²) in [6, 6.07) is -12.5. The third-order valence-electron chi connectivity index (χ3n) is 16.0. The van der Waals surface area contributed by atoms with Crippen LogP contribution in [0.25, 0.3) is 0 Å². The summed E-state index contributed by atoms with van der Waals surface area (Å²) in [5.41, 5.74) is 6.00. The monoisotopic (exact) mass is 1200 g/mol. The number of likely N-dealkylation sites (N-methyl/N-ethyl adjacent to an activating group) is 7. The second-order valence-corrected chi connectivity index (χ2v) is 25.4. The minimum Gasteiger partial charge on any atom is -0.390 e. The minimum absolute atomic E-state index is 0.0514. The Hall–Kier alpha value is -6.17. The number of carbonyl (C=O) groups is 11. The number of rotatable bonds is 16. The molecule has 0 aromatic carbocycles. The van der Waals surface area contributed by atoms with Crippen molar-refractivity contribution in [3.05, 3.63) is 12.2 Å². The summed E-state index contributed by atoms with van der Waals surface area (Å²) >= 11 is 0. The SMILES string of the molecule is C/C=C/C[C@@H](C)[C@@H](O)[C@H]1C(=O)N[C@@H](CCC)C(=O)N(C)CC(=O)N(C)[C@@H](CCN)C(=O)N[C@H](C(C)C)C(=O)N(C)[C@H](CC(C)C)C(=O)N[C@H](C)C(=O)N[C@@H](C)C(=O)N(C)[C@@H](CC(C)C)C(=O)N(C)[C@@H](CC(C)C)C(=O)N(C)[C@@H](C(C)C)C(=O)N1C. The number of allylic oxidation sites excluding steroid dienone is 2. The van der Waals surface area contributed by atoms with Crippen molar-refractivity contribution in [1.82, 2.24) is 55.6 Å². The van der Waals surface area contributed by atoms with Crippen LogP contribution in [0.3, 0.4) is 0 Å². The van der Waals surface area contributed by atoms with E-state index in [9.17, 15) is 48.3 Å². The normalized spacial score (nSPS) is 26.8. The lowest BCUT2D eigenvalue weighted by molar-refractivity contribution is -0.157. The van der Waals surface area contributed by atoms with E-state index < -0.39 is 156 Å². The Morgan fingerprint density at radius 3 is 1.44 bits per heavy atom. The van der Waals surface area contributed by atoms with Crippen molar-refractivity contribution in [2.45, 2.75) is 215 Å². The predicted molar refractivity (Wildman–Crippen MR) is 327 cm³/mol. The molecule has 0 spiro atoms. The van der Waals surface area contributed by atoms with E-state index in [-0.39, 0.29) is 56.4 Å². The molecule has 11 amide bonds. The van der Waals surface area contributed by atoms with E-state index in [0.29, 0.717) is 12.8 Å². The van der Waals surface area contributed by atoms with Crippen LogP contribution < -0.4 is 27.0 Å². The Morgan fingerprint density at radius 2 is 0.965 bits per heavy atom. The summed E-state index contributed by atoms with van der Waals surface area (Å²) in [6.45, 7) is 25.6. The van der Waals surface area contributed by atoms with Gasteiger partial charge in [-0.25, -0.2) is 0 Å². The fourth-order valence-electron chi connectivity index (χ4n) is 10.7. The van der Waals surface area contributed by atoms with Crippen molar-refractivity contribution in [3.63, 3.8) is 0 Å². The molecule has 0 radical (unpaired) electrons. The van der Waals surface area contributed by atoms with Crippen molar-refractivity contribution in [2.24, 2.45) is 41.2 Å². The van der Waals surface area contributed by atoms with E-state index in [1.807, 2.05) is 41.5 Å². The molecule has 85 heavy (non-hydrogen) atoms. The topological polar surface area (TPSA) is 305 Å². The first-order valence-electron chi connectivity index (χ1n) is 30.4. The van der Waals surface area contributed by atoms with Crippen molar-refractivity contribution < 1.29 is 57.8 Å². The number of aliphatic hydroxyl groups excluding tert-OH is 1. The summed E-state index contributed by atoms with van der Waals surface area (Å²) in [6.07, 6.45) is 3.23. The lowest BCUT2D eigenvalue weighted by atomic mass is 9.91. The van der Waals surface area contributed by atoms with E-state index >= 15 is 9.59 Å². The van der Waals surface area contributed by atoms with Crippen LogP contribution in [0.4, 0.5) is 0 Å². The molecule has 0 aliphatic carbocycles. The van der Waals surface area contributed by atoms with Crippen LogP contribution >= 0.6 is 0 Å². The Kier molecular flexibility index (Phi) is 32.1. The number of nitrogens with one attached hydrogen (secondary N) is 4. The van der Waals surface area contributed by atoms with E-state index in [4.69, 9.17) is 5.73 Å². The number of nitrogens with two attached hydrogens (primary N) is 1. The third-order valence-corrected chi connectivity index (χ3v) is 16.0. The van der Waals surface area contributed by atoms with Crippen molar-refractivity contribution in [3.8, 4) is 0 Å². The highest BCUT2D eigenvalue weighted by molar-refractivity contribution is 5.99. The van der Waals surface area contributed by atoms with Crippen LogP contribution in [0.5, 0.6) is 0 Å². The summed E-state index contributed by atoms with van der Waals surface area (Å²) in [5, 5.41) is 23.0. The van der Waals surface area contributed by atoms with Gasteiger partial charge >= 0.3 is 0 Å². The first kappa shape index (κ1) is 76.8. The Labute approximate surface area is 507 Å². The van der Waals surface area contributed by atoms with Gasteiger partial charge in [0.1, 0.15) is 60.4 Å². The van der Waals surface area contributed by atoms with Gasteiger partial charge in [-0.05, 0) is 101 Å². The Bertz CT molecular complexity index is 2310. The summed E-state index contributed by atoms with van der Waals surface area (Å²) in [7, 11) is 9.81. The molecule has 7 N–H and O–H groups in total. The average Bonchev–Trinajstić information content (AvgIpc) is 3.36. The van der Waals surface area contributed by atoms with Gasteiger partial charge in [-0.2, -0.15) is 0 Å². The third kappa shape index (κ3) is 21.6. The quantitative estimate of drug-likeness (QED) is 0.121. The van der Waals surface area contributed by atoms with Crippen LogP contribution in [0.15, 0.2) is 12.2 Å². The molecule has 24 heteroatoms. The van der Waals surface area contributed by atoms with Gasteiger partial charge in [-0.3, -0.25) is 52.7 Å². The highest BCUT2D eigenvalue weighted by atomic mass is 16.3. The highest BCUT2D eigenvalue weighted by Crippen LogP contribution is 2.25. The van der Waals surface area contributed by atoms with E-state index in [1.165, 1.54) is 82.8 Å². The average molecular weight is 1200 g/mol. The van der Waals surface area contributed by atoms with Gasteiger partial charge in [0, 0.05) is 49.3 Å². The van der Waals surface area contributed by atoms with Gasteiger partial charge in [0.15, 0.2) is 0 Å². The molecule has 12 atom stereocenters. The molecule has 0 saturated carbocycles. The molecule has 0 aromatic heterocycles. The summed E-state index contributed by atoms with van der Waals surface area (Å²) in [4.78, 5) is 168. The van der Waals surface area contributed by atoms with Crippen LogP contribution in [0.1, 0.15) is 149 Å². The molecule has 24 nitrogen and oxygen atoms in total. The first-order chi connectivity index (χ1) is 39.4. The molecular weight excluding hydrogens is 1090 g/mol. The van der Waals surface area contributed by atoms with Crippen LogP contribution in [0, 0.1) is 35.5 Å². The standard InChI is InChI=1S/C61H110N12O12/c1-23-25-27-39(13)51(75)50-55(79)65-42(26-24-2)57(81)67(16)33-47(74)68(17)43(28-29-62)53(77)66-48(37(9)10)60(84)69(18)44(30-34(3)4)54(78)63-40(14)52(76)64-41(15)56(80)70(19)45(31-35(5)6)58(82)71(20)46(32-36(7)8)59(83)72(21)49(38(11)12)61(85)73(50)22/h23,25,34-46,48-51,75H,24,26-33,62H2,1-22H3,(H,63,78)(H,64,76)(H,65,79)(H,66,77)/b25-23+/t39-,40-,41+,42+,43+,44-,45+,46+,48-,49+,50+,51-/m1/s1. The van der Waals surface area contributed by atoms with Gasteiger partial charge < -0.3 is 66.4 Å². The number of hydrogen-bond donors (Lipinski definition) is 6. The van der Waals surface area contributed by atoms with E-state index in [2.05, 4.69) is 21.3 Å². The van der Waals surface area contributed by atoms with Crippen molar-refractivity contribution in [2.75, 3.05) is 62.4 Å². The fourth-order valence-corrected chi connectivity index (χ4v) is 10.7. The second-order valence-electron chi connectivity index (χ2n) is 25.4. The van der Waals surface area contributed by atoms with Gasteiger partial charge in [0.2, 0.25) is 65.0 Å². The maximum atomic E-state index is 15.2. The molecule has 1 heterocycles. The summed E-state index contributed by atoms with van der Waals surface area (Å²) in [5.74, 6) is -9.83. The zero-order valence-corrected chi connectivity index (χ0v) is 55.5. The zero-order valence-electron chi connectivity index (χ0n) is 55.5. The van der Waals surface area contributed by atoms with Crippen LogP contribution in [-0.4, -0.2) is 233 Å². The number of nitrogens with zero attached hydrogens (tertiary/aromatic N) is 7. The smallest absolute Gasteiger partial charge is 0.246 e. The number of aliphatic hydroxyl groups is 1. The number of hydrogen-bond acceptors (Lipinski definition) is 13. The van der Waals surface area contributed by atoms with Crippen molar-refractivity contribution >= 4 is 65.0 Å². The molecule has 0 bridgehead atoms. The zero-order chi connectivity index (χ0) is 65.8. The first-order valence-corrected chi connectivity index (χ1v) is 30.4.